The monoisotopic (exact) mass is 961 g/mol. The van der Waals surface area contributed by atoms with Crippen LogP contribution in [-0.2, 0) is 31.6 Å². The molecule has 10 atom stereocenters. The summed E-state index contributed by atoms with van der Waals surface area (Å²) in [5.74, 6) is -0.544. The van der Waals surface area contributed by atoms with Crippen LogP contribution in [-0.4, -0.2) is 110 Å². The minimum atomic E-state index is -2.24. The van der Waals surface area contributed by atoms with Gasteiger partial charge in [-0.3, -0.25) is 24.2 Å². The Balaban J connectivity index is 0.00000427. The van der Waals surface area contributed by atoms with Crippen molar-refractivity contribution in [3.05, 3.63) is 76.5 Å². The average molecular weight is 962 g/mol. The Bertz CT molecular complexity index is 2140. The number of rotatable bonds is 6. The number of aliphatic hydroxyl groups excluding tert-OH is 1. The van der Waals surface area contributed by atoms with Crippen LogP contribution in [0.2, 0.25) is 0 Å². The summed E-state index contributed by atoms with van der Waals surface area (Å²) in [7, 11) is 0. The first-order valence-corrected chi connectivity index (χ1v) is 20.0. The third-order valence-electron chi connectivity index (χ3n) is 15.4. The molecule has 1 radical (unpaired) electrons. The Morgan fingerprint density at radius 3 is 2.45 bits per heavy atom. The normalized spacial score (nSPS) is 38.8. The van der Waals surface area contributed by atoms with E-state index in [2.05, 4.69) is 33.0 Å². The van der Waals surface area contributed by atoms with Crippen LogP contribution in [0, 0.1) is 62.3 Å². The second kappa shape index (κ2) is 13.4. The van der Waals surface area contributed by atoms with Crippen molar-refractivity contribution in [1.82, 2.24) is 14.8 Å². The third-order valence-corrected chi connectivity index (χ3v) is 15.4. The Kier molecular flexibility index (Phi) is 9.65. The zero-order valence-electron chi connectivity index (χ0n) is 32.8. The molecule has 3 aromatic rings. The third kappa shape index (κ3) is 5.02. The summed E-state index contributed by atoms with van der Waals surface area (Å²) >= 11 is 0. The number of nitrogens with zero attached hydrogens (tertiary/aromatic N) is 3. The number of aryl methyl sites for hydroxylation is 1. The van der Waals surface area contributed by atoms with E-state index in [9.17, 15) is 24.9 Å². The summed E-state index contributed by atoms with van der Waals surface area (Å²) in [6.45, 7) is 12.5. The summed E-state index contributed by atoms with van der Waals surface area (Å²) < 4.78 is 0. The van der Waals surface area contributed by atoms with Crippen LogP contribution in [0.3, 0.4) is 0 Å². The number of H-pyrrole nitrogens is 1. The van der Waals surface area contributed by atoms with Gasteiger partial charge in [0, 0.05) is 109 Å². The van der Waals surface area contributed by atoms with Crippen molar-refractivity contribution in [2.45, 2.75) is 113 Å². The van der Waals surface area contributed by atoms with Crippen LogP contribution >= 0.6 is 0 Å². The van der Waals surface area contributed by atoms with E-state index in [0.717, 1.165) is 58.4 Å². The molecule has 1 saturated carbocycles. The smallest absolute Gasteiger partial charge is 0.214 e. The van der Waals surface area contributed by atoms with Crippen LogP contribution in [0.25, 0.3) is 10.9 Å². The van der Waals surface area contributed by atoms with Crippen LogP contribution < -0.4 is 4.90 Å². The molecule has 3 fully saturated rings. The number of Topliss-reactive ketones (excluding diaryl/α,β-unsaturated/α-hetero) is 2. The van der Waals surface area contributed by atoms with Crippen molar-refractivity contribution in [3.8, 4) is 0 Å². The van der Waals surface area contributed by atoms with E-state index in [-0.39, 0.29) is 61.8 Å². The number of hydrogen-bond donors (Lipinski definition) is 4. The number of fused-ring (bicyclic) bond motifs is 6. The van der Waals surface area contributed by atoms with Gasteiger partial charge >= 0.3 is 0 Å². The standard InChI is InChI=1S/C44H54N4O6.Ac/c1-6-40(53)21-29-22-43(27(4)50,36-31(13-17-46(23-29)24-40)30-11-8-9-12-34(30)45-36)32-20-33-35(19-26(32)3)48(25-49)38-42(33)15-18-47-16-10-14-41(7-2,37(42)47)39(52)44(38,54)28(5)51;/h8-12,14,19-20,25,29,37-39,45,52-54H,6-7,13,15-18,21-24H2,1-5H3;/t29?,37-,38+,39+,40-,41+,42+,43-,44-;/m0./s1. The van der Waals surface area contributed by atoms with E-state index in [4.69, 9.17) is 0 Å². The minimum Gasteiger partial charge on any atom is -0.389 e. The zero-order chi connectivity index (χ0) is 38.2. The number of ketones is 2. The molecule has 11 heteroatoms. The maximum Gasteiger partial charge on any atom is 0.214 e. The molecule has 2 aromatic carbocycles. The molecule has 289 valence electrons. The van der Waals surface area contributed by atoms with Crippen molar-refractivity contribution >= 4 is 34.6 Å². The maximum absolute atomic E-state index is 15.0. The number of anilines is 1. The van der Waals surface area contributed by atoms with E-state index >= 15 is 4.79 Å². The molecule has 1 aliphatic carbocycles. The molecule has 6 heterocycles. The Labute approximate surface area is 359 Å². The van der Waals surface area contributed by atoms with Crippen molar-refractivity contribution in [2.24, 2.45) is 11.3 Å². The van der Waals surface area contributed by atoms with Gasteiger partial charge in [0.15, 0.2) is 11.4 Å². The summed E-state index contributed by atoms with van der Waals surface area (Å²) in [5.41, 5.74) is 0.0371. The molecule has 4 N–H and O–H groups in total. The molecule has 1 spiro atoms. The Morgan fingerprint density at radius 1 is 1.00 bits per heavy atom. The number of benzene rings is 2. The van der Waals surface area contributed by atoms with Crippen molar-refractivity contribution in [2.75, 3.05) is 37.6 Å². The predicted octanol–water partition coefficient (Wildman–Crippen LogP) is 4.08. The topological polar surface area (TPSA) is 137 Å². The van der Waals surface area contributed by atoms with Crippen LogP contribution in [0.15, 0.2) is 48.6 Å². The minimum absolute atomic E-state index is 0. The number of amides is 1. The molecule has 5 aliphatic heterocycles. The van der Waals surface area contributed by atoms with Gasteiger partial charge in [-0.25, -0.2) is 0 Å². The van der Waals surface area contributed by atoms with Gasteiger partial charge in [-0.1, -0.05) is 50.3 Å². The number of carbonyl (C=O) groups is 3. The van der Waals surface area contributed by atoms with Crippen molar-refractivity contribution in [3.63, 3.8) is 0 Å². The molecule has 2 saturated heterocycles. The van der Waals surface area contributed by atoms with Gasteiger partial charge in [0.25, 0.3) is 0 Å². The predicted molar refractivity (Wildman–Crippen MR) is 207 cm³/mol. The molecule has 10 nitrogen and oxygen atoms in total. The molecule has 2 unspecified atom stereocenters. The van der Waals surface area contributed by atoms with Gasteiger partial charge in [0.2, 0.25) is 6.41 Å². The van der Waals surface area contributed by atoms with Gasteiger partial charge in [0.1, 0.15) is 11.9 Å². The van der Waals surface area contributed by atoms with Crippen LogP contribution in [0.1, 0.15) is 87.7 Å². The zero-order valence-corrected chi connectivity index (χ0v) is 37.5. The molecule has 55 heavy (non-hydrogen) atoms. The number of aliphatic hydroxyl groups is 3. The fourth-order valence-electron chi connectivity index (χ4n) is 13.1. The summed E-state index contributed by atoms with van der Waals surface area (Å²) in [5, 5.41) is 38.1. The summed E-state index contributed by atoms with van der Waals surface area (Å²) in [4.78, 5) is 52.3. The second-order valence-electron chi connectivity index (χ2n) is 17.8. The Morgan fingerprint density at radius 2 is 1.76 bits per heavy atom. The second-order valence-corrected chi connectivity index (χ2v) is 17.8. The molecule has 1 aromatic heterocycles. The SMILES string of the molecule is CC[C@]1(O)CC2CN(CCc3c([nH]c4ccccc34)[C@@](C(C)=O)(c3cc4c(cc3C)N(C=O)[C@H]3[C@@](O)(C(C)=O)[C@H](O)[C@]5(CC)C=CCN6CC[C@]43[C@@H]65)C2)C1.[Ac]. The van der Waals surface area contributed by atoms with Gasteiger partial charge in [-0.2, -0.15) is 0 Å². The Hall–Kier alpha value is -2.23. The maximum atomic E-state index is 15.0. The van der Waals surface area contributed by atoms with E-state index < -0.39 is 45.4 Å². The number of piperidine rings is 1. The number of carbonyl (C=O) groups excluding carboxylic acids is 3. The van der Waals surface area contributed by atoms with E-state index in [1.165, 1.54) is 11.8 Å². The summed E-state index contributed by atoms with van der Waals surface area (Å²) in [6.07, 6.45) is 6.81. The van der Waals surface area contributed by atoms with Gasteiger partial charge < -0.3 is 25.2 Å². The van der Waals surface area contributed by atoms with Crippen LogP contribution in [0.5, 0.6) is 0 Å². The molecule has 6 aliphatic rings. The molecule has 2 bridgehead atoms. The van der Waals surface area contributed by atoms with E-state index in [1.54, 1.807) is 6.92 Å². The van der Waals surface area contributed by atoms with Crippen LogP contribution in [0.4, 0.5) is 5.69 Å². The first-order valence-electron chi connectivity index (χ1n) is 20.0. The van der Waals surface area contributed by atoms with E-state index in [1.807, 2.05) is 51.1 Å². The van der Waals surface area contributed by atoms with Gasteiger partial charge in [0.05, 0.1) is 17.1 Å². The first kappa shape index (κ1) is 39.6. The number of aromatic amines is 1. The molecular weight excluding hydrogens is 908 g/mol. The fourth-order valence-corrected chi connectivity index (χ4v) is 13.1. The average Bonchev–Trinajstić information content (AvgIpc) is 3.82. The number of hydrogen-bond acceptors (Lipinski definition) is 8. The molecular formula is C44H54AcN4O6. The first-order chi connectivity index (χ1) is 25.8. The number of para-hydroxylation sites is 1. The molecule has 9 rings (SSSR count). The quantitative estimate of drug-likeness (QED) is 0.215. The number of aromatic nitrogens is 1. The fraction of sp³-hybridized carbons (Fsp3) is 0.568. The van der Waals surface area contributed by atoms with Crippen molar-refractivity contribution < 1.29 is 73.8 Å². The van der Waals surface area contributed by atoms with Gasteiger partial charge in [-0.15, -0.1) is 0 Å². The van der Waals surface area contributed by atoms with E-state index in [0.29, 0.717) is 63.8 Å². The van der Waals surface area contributed by atoms with Crippen molar-refractivity contribution in [1.29, 1.82) is 0 Å². The molecule has 1 amide bonds. The largest absolute Gasteiger partial charge is 0.389 e. The summed E-state index contributed by atoms with van der Waals surface area (Å²) in [6, 6.07) is 11.1. The number of nitrogens with one attached hydrogen (secondary N) is 1. The van der Waals surface area contributed by atoms with Gasteiger partial charge in [-0.05, 0) is 106 Å².